The van der Waals surface area contributed by atoms with Gasteiger partial charge in [0.25, 0.3) is 0 Å². The number of rotatable bonds is 3. The van der Waals surface area contributed by atoms with Crippen LogP contribution in [0.2, 0.25) is 0 Å². The molecule has 0 aliphatic heterocycles. The summed E-state index contributed by atoms with van der Waals surface area (Å²) in [6, 6.07) is 7.96. The van der Waals surface area contributed by atoms with Crippen LogP contribution >= 0.6 is 23.5 Å². The molecule has 0 bridgehead atoms. The smallest absolute Gasteiger partial charge is 0.139 e. The van der Waals surface area contributed by atoms with Crippen molar-refractivity contribution in [3.8, 4) is 0 Å². The fourth-order valence-corrected chi connectivity index (χ4v) is 2.21. The molecule has 0 unspecified atom stereocenters. The SMILES string of the molecule is CSc1ccccc1C(N)(N)SC. The van der Waals surface area contributed by atoms with Crippen LogP contribution in [0, 0.1) is 0 Å². The van der Waals surface area contributed by atoms with Crippen LogP contribution in [-0.4, -0.2) is 12.5 Å². The first-order chi connectivity index (χ1) is 6.11. The van der Waals surface area contributed by atoms with E-state index >= 15 is 0 Å². The van der Waals surface area contributed by atoms with Gasteiger partial charge < -0.3 is 11.5 Å². The predicted octanol–water partition coefficient (Wildman–Crippen LogP) is 1.80. The molecule has 0 aromatic heterocycles. The van der Waals surface area contributed by atoms with Gasteiger partial charge in [-0.1, -0.05) is 18.2 Å². The Bertz CT molecular complexity index is 287. The summed E-state index contributed by atoms with van der Waals surface area (Å²) >= 11 is 3.12. The predicted molar refractivity (Wildman–Crippen MR) is 61.8 cm³/mol. The van der Waals surface area contributed by atoms with Crippen LogP contribution in [0.1, 0.15) is 5.56 Å². The standard InChI is InChI=1S/C9H14N2S2/c1-12-8-6-4-3-5-7(8)9(10,11)13-2/h3-6H,10-11H2,1-2H3. The first-order valence-electron chi connectivity index (χ1n) is 3.88. The molecule has 0 aliphatic carbocycles. The minimum Gasteiger partial charge on any atom is -0.301 e. The zero-order valence-electron chi connectivity index (χ0n) is 7.78. The van der Waals surface area contributed by atoms with Gasteiger partial charge in [0, 0.05) is 10.5 Å². The molecule has 0 radical (unpaired) electrons. The summed E-state index contributed by atoms with van der Waals surface area (Å²) in [4.78, 5) is 0.362. The minimum atomic E-state index is -0.778. The van der Waals surface area contributed by atoms with Crippen molar-refractivity contribution >= 4 is 23.5 Å². The largest absolute Gasteiger partial charge is 0.301 e. The Balaban J connectivity index is 3.12. The second-order valence-electron chi connectivity index (χ2n) is 2.70. The molecule has 1 aromatic carbocycles. The van der Waals surface area contributed by atoms with Gasteiger partial charge in [0.05, 0.1) is 0 Å². The van der Waals surface area contributed by atoms with Crippen molar-refractivity contribution in [1.82, 2.24) is 0 Å². The van der Waals surface area contributed by atoms with Gasteiger partial charge in [-0.2, -0.15) is 0 Å². The van der Waals surface area contributed by atoms with E-state index in [1.807, 2.05) is 36.8 Å². The van der Waals surface area contributed by atoms with E-state index in [1.165, 1.54) is 11.8 Å². The van der Waals surface area contributed by atoms with Crippen molar-refractivity contribution in [3.63, 3.8) is 0 Å². The fraction of sp³-hybridized carbons (Fsp3) is 0.333. The molecule has 1 rings (SSSR count). The summed E-state index contributed by atoms with van der Waals surface area (Å²) < 4.78 is 0. The van der Waals surface area contributed by atoms with Gasteiger partial charge in [0.15, 0.2) is 0 Å². The van der Waals surface area contributed by atoms with E-state index in [2.05, 4.69) is 0 Å². The fourth-order valence-electron chi connectivity index (χ4n) is 1.08. The molecular weight excluding hydrogens is 200 g/mol. The van der Waals surface area contributed by atoms with E-state index in [-0.39, 0.29) is 0 Å². The lowest BCUT2D eigenvalue weighted by Crippen LogP contribution is -2.42. The highest BCUT2D eigenvalue weighted by Crippen LogP contribution is 2.30. The highest BCUT2D eigenvalue weighted by molar-refractivity contribution is 8.00. The van der Waals surface area contributed by atoms with Crippen molar-refractivity contribution in [1.29, 1.82) is 0 Å². The molecule has 0 heterocycles. The Kier molecular flexibility index (Phi) is 3.67. The number of thioether (sulfide) groups is 2. The summed E-state index contributed by atoms with van der Waals surface area (Å²) in [5.74, 6) is 0. The van der Waals surface area contributed by atoms with E-state index < -0.39 is 4.99 Å². The normalized spacial score (nSPS) is 11.7. The van der Waals surface area contributed by atoms with E-state index in [4.69, 9.17) is 11.5 Å². The van der Waals surface area contributed by atoms with Gasteiger partial charge in [0.1, 0.15) is 4.99 Å². The summed E-state index contributed by atoms with van der Waals surface area (Å²) in [6.45, 7) is 0. The maximum Gasteiger partial charge on any atom is 0.139 e. The monoisotopic (exact) mass is 214 g/mol. The Labute approximate surface area is 87.5 Å². The summed E-state index contributed by atoms with van der Waals surface area (Å²) in [6.07, 6.45) is 3.94. The molecule has 0 atom stereocenters. The lowest BCUT2D eigenvalue weighted by atomic mass is 10.2. The molecule has 0 fully saturated rings. The van der Waals surface area contributed by atoms with Gasteiger partial charge in [0.2, 0.25) is 0 Å². The van der Waals surface area contributed by atoms with Crippen LogP contribution in [0.15, 0.2) is 29.2 Å². The second kappa shape index (κ2) is 4.37. The zero-order valence-corrected chi connectivity index (χ0v) is 9.41. The maximum absolute atomic E-state index is 5.94. The van der Waals surface area contributed by atoms with Gasteiger partial charge in [-0.3, -0.25) is 0 Å². The molecule has 4 N–H and O–H groups in total. The van der Waals surface area contributed by atoms with Gasteiger partial charge in [-0.15, -0.1) is 23.5 Å². The average molecular weight is 214 g/mol. The molecule has 0 saturated carbocycles. The van der Waals surface area contributed by atoms with Gasteiger partial charge in [-0.25, -0.2) is 0 Å². The number of nitrogens with two attached hydrogens (primary N) is 2. The summed E-state index contributed by atoms with van der Waals surface area (Å²) in [5, 5.41) is 0. The number of hydrogen-bond acceptors (Lipinski definition) is 4. The molecule has 1 aromatic rings. The number of benzene rings is 1. The summed E-state index contributed by atoms with van der Waals surface area (Å²) in [7, 11) is 0. The molecule has 0 spiro atoms. The molecule has 2 nitrogen and oxygen atoms in total. The highest BCUT2D eigenvalue weighted by Gasteiger charge is 2.22. The van der Waals surface area contributed by atoms with Crippen LogP contribution < -0.4 is 11.5 Å². The Morgan fingerprint density at radius 3 is 2.31 bits per heavy atom. The third kappa shape index (κ3) is 2.40. The number of hydrogen-bond donors (Lipinski definition) is 2. The quantitative estimate of drug-likeness (QED) is 0.595. The van der Waals surface area contributed by atoms with Gasteiger partial charge in [-0.05, 0) is 18.6 Å². The molecule has 0 saturated heterocycles. The first kappa shape index (κ1) is 10.9. The second-order valence-corrected chi connectivity index (χ2v) is 4.63. The Hall–Kier alpha value is -0.160. The van der Waals surface area contributed by atoms with Crippen LogP contribution in [0.3, 0.4) is 0 Å². The van der Waals surface area contributed by atoms with Crippen molar-refractivity contribution in [3.05, 3.63) is 29.8 Å². The third-order valence-corrected chi connectivity index (χ3v) is 3.56. The van der Waals surface area contributed by atoms with Crippen LogP contribution in [0.4, 0.5) is 0 Å². The molecule has 13 heavy (non-hydrogen) atoms. The van der Waals surface area contributed by atoms with E-state index in [0.29, 0.717) is 0 Å². The lowest BCUT2D eigenvalue weighted by molar-refractivity contribution is 0.682. The van der Waals surface area contributed by atoms with E-state index in [1.54, 1.807) is 11.8 Å². The van der Waals surface area contributed by atoms with Crippen molar-refractivity contribution in [2.75, 3.05) is 12.5 Å². The summed E-state index contributed by atoms with van der Waals surface area (Å²) in [5.41, 5.74) is 12.9. The molecule has 72 valence electrons. The maximum atomic E-state index is 5.94. The van der Waals surface area contributed by atoms with E-state index in [9.17, 15) is 0 Å². The molecule has 4 heteroatoms. The van der Waals surface area contributed by atoms with Crippen LogP contribution in [0.25, 0.3) is 0 Å². The molecular formula is C9H14N2S2. The Morgan fingerprint density at radius 2 is 1.77 bits per heavy atom. The first-order valence-corrected chi connectivity index (χ1v) is 6.33. The lowest BCUT2D eigenvalue weighted by Gasteiger charge is -2.24. The van der Waals surface area contributed by atoms with E-state index in [0.717, 1.165) is 10.5 Å². The van der Waals surface area contributed by atoms with Crippen LogP contribution in [0.5, 0.6) is 0 Å². The highest BCUT2D eigenvalue weighted by atomic mass is 32.2. The Morgan fingerprint density at radius 1 is 1.15 bits per heavy atom. The topological polar surface area (TPSA) is 52.0 Å². The van der Waals surface area contributed by atoms with Crippen molar-refractivity contribution in [2.45, 2.75) is 9.89 Å². The zero-order chi connectivity index (χ0) is 9.90. The molecule has 0 aliphatic rings. The third-order valence-electron chi connectivity index (χ3n) is 1.87. The minimum absolute atomic E-state index is 0.778. The van der Waals surface area contributed by atoms with Gasteiger partial charge >= 0.3 is 0 Å². The van der Waals surface area contributed by atoms with Crippen LogP contribution in [-0.2, 0) is 4.99 Å². The average Bonchev–Trinajstić information content (AvgIpc) is 2.18. The van der Waals surface area contributed by atoms with Crippen molar-refractivity contribution in [2.24, 2.45) is 11.5 Å². The van der Waals surface area contributed by atoms with Crippen molar-refractivity contribution < 1.29 is 0 Å². The molecule has 0 amide bonds.